The number of hydrogen-bond acceptors (Lipinski definition) is 3. The lowest BCUT2D eigenvalue weighted by Gasteiger charge is -2.36. The second-order valence-electron chi connectivity index (χ2n) is 4.77. The summed E-state index contributed by atoms with van der Waals surface area (Å²) < 4.78 is 4.74. The molecular formula is C12H19NO3. The molecule has 2 fully saturated rings. The van der Waals surface area contributed by atoms with Gasteiger partial charge in [-0.25, -0.2) is 0 Å². The molecule has 1 saturated heterocycles. The van der Waals surface area contributed by atoms with Crippen molar-refractivity contribution in [3.8, 4) is 0 Å². The number of esters is 1. The first-order chi connectivity index (χ1) is 7.72. The Balaban J connectivity index is 1.90. The van der Waals surface area contributed by atoms with Crippen molar-refractivity contribution in [1.82, 2.24) is 4.90 Å². The van der Waals surface area contributed by atoms with Gasteiger partial charge in [0.05, 0.1) is 13.0 Å². The van der Waals surface area contributed by atoms with Crippen LogP contribution in [0.4, 0.5) is 0 Å². The van der Waals surface area contributed by atoms with Gasteiger partial charge >= 0.3 is 5.97 Å². The Morgan fingerprint density at radius 2 is 1.81 bits per heavy atom. The summed E-state index contributed by atoms with van der Waals surface area (Å²) in [7, 11) is 1.41. The van der Waals surface area contributed by atoms with E-state index in [0.29, 0.717) is 6.54 Å². The number of ether oxygens (including phenoxy) is 1. The molecule has 0 bridgehead atoms. The molecule has 16 heavy (non-hydrogen) atoms. The van der Waals surface area contributed by atoms with E-state index in [-0.39, 0.29) is 23.7 Å². The van der Waals surface area contributed by atoms with Crippen LogP contribution in [0.5, 0.6) is 0 Å². The molecule has 90 valence electrons. The molecule has 1 amide bonds. The fourth-order valence-corrected chi connectivity index (χ4v) is 2.45. The molecule has 1 aliphatic heterocycles. The Morgan fingerprint density at radius 1 is 1.12 bits per heavy atom. The van der Waals surface area contributed by atoms with Crippen LogP contribution in [0.3, 0.4) is 0 Å². The summed E-state index contributed by atoms with van der Waals surface area (Å²) in [6.45, 7) is 1.37. The van der Waals surface area contributed by atoms with E-state index in [2.05, 4.69) is 0 Å². The molecule has 0 aromatic rings. The zero-order valence-electron chi connectivity index (χ0n) is 9.78. The van der Waals surface area contributed by atoms with Gasteiger partial charge in [-0.3, -0.25) is 9.59 Å². The average molecular weight is 225 g/mol. The normalized spacial score (nSPS) is 26.1. The first kappa shape index (κ1) is 11.4. The Morgan fingerprint density at radius 3 is 2.38 bits per heavy atom. The summed E-state index contributed by atoms with van der Waals surface area (Å²) >= 11 is 0. The van der Waals surface area contributed by atoms with Crippen molar-refractivity contribution < 1.29 is 14.3 Å². The number of rotatable bonds is 2. The second-order valence-corrected chi connectivity index (χ2v) is 4.77. The van der Waals surface area contributed by atoms with E-state index in [9.17, 15) is 9.59 Å². The monoisotopic (exact) mass is 225 g/mol. The van der Waals surface area contributed by atoms with E-state index in [1.54, 1.807) is 0 Å². The summed E-state index contributed by atoms with van der Waals surface area (Å²) in [5.41, 5.74) is 0. The van der Waals surface area contributed by atoms with Gasteiger partial charge in [0.2, 0.25) is 5.91 Å². The number of amides is 1. The van der Waals surface area contributed by atoms with Gasteiger partial charge in [-0.15, -0.1) is 0 Å². The number of nitrogens with zero attached hydrogens (tertiary/aromatic N) is 1. The first-order valence-corrected chi connectivity index (χ1v) is 6.09. The molecule has 0 radical (unpaired) electrons. The molecule has 0 aromatic heterocycles. The van der Waals surface area contributed by atoms with Crippen LogP contribution in [-0.4, -0.2) is 37.0 Å². The van der Waals surface area contributed by atoms with E-state index < -0.39 is 0 Å². The van der Waals surface area contributed by atoms with E-state index in [4.69, 9.17) is 4.74 Å². The third-order valence-corrected chi connectivity index (χ3v) is 3.72. The number of carbonyl (C=O) groups excluding carboxylic acids is 2. The van der Waals surface area contributed by atoms with Crippen molar-refractivity contribution in [3.05, 3.63) is 0 Å². The van der Waals surface area contributed by atoms with Crippen LogP contribution in [-0.2, 0) is 14.3 Å². The van der Waals surface area contributed by atoms with Crippen molar-refractivity contribution in [2.45, 2.75) is 32.1 Å². The van der Waals surface area contributed by atoms with Gasteiger partial charge in [0.1, 0.15) is 0 Å². The Labute approximate surface area is 95.9 Å². The third kappa shape index (κ3) is 2.20. The predicted octanol–water partition coefficient (Wildman–Crippen LogP) is 1.20. The third-order valence-electron chi connectivity index (χ3n) is 3.72. The molecule has 1 heterocycles. The molecule has 4 nitrogen and oxygen atoms in total. The number of carbonyl (C=O) groups is 2. The molecule has 0 N–H and O–H groups in total. The molecule has 0 spiro atoms. The van der Waals surface area contributed by atoms with Crippen molar-refractivity contribution in [2.75, 3.05) is 20.2 Å². The summed E-state index contributed by atoms with van der Waals surface area (Å²) in [6.07, 6.45) is 4.99. The smallest absolute Gasteiger partial charge is 0.310 e. The Kier molecular flexibility index (Phi) is 3.46. The highest BCUT2D eigenvalue weighted by atomic mass is 16.5. The quantitative estimate of drug-likeness (QED) is 0.663. The van der Waals surface area contributed by atoms with Crippen LogP contribution in [0, 0.1) is 11.8 Å². The van der Waals surface area contributed by atoms with Gasteiger partial charge in [-0.1, -0.05) is 6.42 Å². The lowest BCUT2D eigenvalue weighted by atomic mass is 9.83. The minimum atomic E-state index is -0.175. The molecule has 1 atom stereocenters. The van der Waals surface area contributed by atoms with Gasteiger partial charge in [-0.05, 0) is 25.7 Å². The molecule has 0 aromatic carbocycles. The maximum absolute atomic E-state index is 12.0. The fraction of sp³-hybridized carbons (Fsp3) is 0.833. The van der Waals surface area contributed by atoms with Crippen LogP contribution in [0.1, 0.15) is 32.1 Å². The van der Waals surface area contributed by atoms with Crippen molar-refractivity contribution in [2.24, 2.45) is 11.8 Å². The zero-order valence-corrected chi connectivity index (χ0v) is 9.78. The number of piperidine rings is 1. The van der Waals surface area contributed by atoms with Crippen LogP contribution >= 0.6 is 0 Å². The summed E-state index contributed by atoms with van der Waals surface area (Å²) in [5.74, 6) is 0.199. The zero-order chi connectivity index (χ0) is 11.5. The van der Waals surface area contributed by atoms with Crippen molar-refractivity contribution >= 4 is 11.9 Å². The van der Waals surface area contributed by atoms with Gasteiger partial charge in [0.15, 0.2) is 0 Å². The van der Waals surface area contributed by atoms with E-state index >= 15 is 0 Å². The molecule has 4 heteroatoms. The first-order valence-electron chi connectivity index (χ1n) is 6.09. The lowest BCUT2D eigenvalue weighted by molar-refractivity contribution is -0.150. The topological polar surface area (TPSA) is 46.6 Å². The second kappa shape index (κ2) is 4.85. The summed E-state index contributed by atoms with van der Waals surface area (Å²) in [4.78, 5) is 25.3. The Hall–Kier alpha value is -1.06. The van der Waals surface area contributed by atoms with E-state index in [0.717, 1.165) is 32.2 Å². The lowest BCUT2D eigenvalue weighted by Crippen LogP contribution is -2.46. The van der Waals surface area contributed by atoms with Crippen LogP contribution < -0.4 is 0 Å². The van der Waals surface area contributed by atoms with Crippen LogP contribution in [0.25, 0.3) is 0 Å². The van der Waals surface area contributed by atoms with E-state index in [1.165, 1.54) is 13.5 Å². The number of methoxy groups -OCH3 is 1. The van der Waals surface area contributed by atoms with Crippen LogP contribution in [0.2, 0.25) is 0 Å². The minimum Gasteiger partial charge on any atom is -0.469 e. The summed E-state index contributed by atoms with van der Waals surface area (Å²) in [6, 6.07) is 0. The highest BCUT2D eigenvalue weighted by molar-refractivity contribution is 5.81. The van der Waals surface area contributed by atoms with Crippen LogP contribution in [0.15, 0.2) is 0 Å². The largest absolute Gasteiger partial charge is 0.469 e. The number of likely N-dealkylation sites (tertiary alicyclic amines) is 1. The average Bonchev–Trinajstić information content (AvgIpc) is 2.26. The maximum atomic E-state index is 12.0. The van der Waals surface area contributed by atoms with Crippen molar-refractivity contribution in [3.63, 3.8) is 0 Å². The molecule has 1 aliphatic carbocycles. The summed E-state index contributed by atoms with van der Waals surface area (Å²) in [5, 5.41) is 0. The highest BCUT2D eigenvalue weighted by Gasteiger charge is 2.34. The maximum Gasteiger partial charge on any atom is 0.310 e. The molecule has 2 aliphatic rings. The van der Waals surface area contributed by atoms with Gasteiger partial charge < -0.3 is 9.64 Å². The molecular weight excluding hydrogens is 206 g/mol. The Bertz CT molecular complexity index is 286. The molecule has 1 saturated carbocycles. The standard InChI is InChI=1S/C12H19NO3/c1-16-12(15)10-6-3-7-13(8-10)11(14)9-4-2-5-9/h9-10H,2-8H2,1H3/t10-/m0/s1. The van der Waals surface area contributed by atoms with Gasteiger partial charge in [-0.2, -0.15) is 0 Å². The highest BCUT2D eigenvalue weighted by Crippen LogP contribution is 2.30. The van der Waals surface area contributed by atoms with Crippen molar-refractivity contribution in [1.29, 1.82) is 0 Å². The number of hydrogen-bond donors (Lipinski definition) is 0. The molecule has 2 rings (SSSR count). The predicted molar refractivity (Wildman–Crippen MR) is 58.7 cm³/mol. The fourth-order valence-electron chi connectivity index (χ4n) is 2.45. The van der Waals surface area contributed by atoms with Gasteiger partial charge in [0, 0.05) is 19.0 Å². The molecule has 0 unspecified atom stereocenters. The van der Waals surface area contributed by atoms with Gasteiger partial charge in [0.25, 0.3) is 0 Å². The SMILES string of the molecule is COC(=O)[C@H]1CCCN(C(=O)C2CCC2)C1. The van der Waals surface area contributed by atoms with E-state index in [1.807, 2.05) is 4.90 Å². The minimum absolute atomic E-state index is 0.109.